The topological polar surface area (TPSA) is 79.9 Å². The summed E-state index contributed by atoms with van der Waals surface area (Å²) in [4.78, 5) is 2.76. The molecule has 0 radical (unpaired) electrons. The first-order valence-electron chi connectivity index (χ1n) is 17.5. The SMILES string of the molecule is COc1cc(S(C)(=O)=O)ccc1NCC#CC1=Cc2c(cccc2NC2CCC(CN3CC4(CCOCC4)C3)CC2)CCC1CC(F)(F)F. The number of hydrogen-bond donors (Lipinski definition) is 2. The van der Waals surface area contributed by atoms with Gasteiger partial charge in [0.05, 0.1) is 30.7 Å². The Hall–Kier alpha value is -3.20. The van der Waals surface area contributed by atoms with E-state index in [1.165, 1.54) is 64.6 Å². The maximum Gasteiger partial charge on any atom is 0.389 e. The van der Waals surface area contributed by atoms with Gasteiger partial charge in [0.25, 0.3) is 0 Å². The number of halogens is 3. The molecule has 2 saturated heterocycles. The minimum Gasteiger partial charge on any atom is -0.495 e. The smallest absolute Gasteiger partial charge is 0.389 e. The normalized spacial score (nSPS) is 24.0. The molecule has 2 aliphatic carbocycles. The number of benzene rings is 2. The molecular formula is C38H48F3N3O4S. The molecule has 0 amide bonds. The summed E-state index contributed by atoms with van der Waals surface area (Å²) in [6, 6.07) is 10.9. The van der Waals surface area contributed by atoms with Gasteiger partial charge in [0, 0.05) is 79.4 Å². The first-order valence-corrected chi connectivity index (χ1v) is 19.4. The summed E-state index contributed by atoms with van der Waals surface area (Å²) in [5.41, 5.74) is 4.46. The van der Waals surface area contributed by atoms with E-state index < -0.39 is 28.4 Å². The Morgan fingerprint density at radius 1 is 1.04 bits per heavy atom. The number of nitrogens with one attached hydrogen (secondary N) is 2. The average molecular weight is 700 g/mol. The maximum atomic E-state index is 13.7. The summed E-state index contributed by atoms with van der Waals surface area (Å²) in [6.07, 6.45) is 5.56. The Balaban J connectivity index is 1.12. The van der Waals surface area contributed by atoms with Crippen LogP contribution in [0.4, 0.5) is 24.5 Å². The van der Waals surface area contributed by atoms with Crippen LogP contribution in [0.1, 0.15) is 62.5 Å². The minimum atomic E-state index is -4.31. The van der Waals surface area contributed by atoms with Crippen LogP contribution in [0, 0.1) is 29.1 Å². The highest BCUT2D eigenvalue weighted by atomic mass is 32.2. The van der Waals surface area contributed by atoms with Crippen molar-refractivity contribution in [2.75, 3.05) is 63.4 Å². The van der Waals surface area contributed by atoms with Gasteiger partial charge in [0.2, 0.25) is 0 Å². The van der Waals surface area contributed by atoms with Gasteiger partial charge in [-0.3, -0.25) is 0 Å². The number of ether oxygens (including phenoxy) is 2. The molecule has 1 unspecified atom stereocenters. The molecular weight excluding hydrogens is 651 g/mol. The molecule has 0 bridgehead atoms. The fourth-order valence-electron chi connectivity index (χ4n) is 8.08. The van der Waals surface area contributed by atoms with Crippen molar-refractivity contribution in [2.24, 2.45) is 17.3 Å². The van der Waals surface area contributed by atoms with Crippen molar-refractivity contribution in [1.82, 2.24) is 4.90 Å². The third-order valence-electron chi connectivity index (χ3n) is 10.8. The summed E-state index contributed by atoms with van der Waals surface area (Å²) in [6.45, 7) is 5.54. The van der Waals surface area contributed by atoms with Crippen molar-refractivity contribution < 1.29 is 31.1 Å². The zero-order valence-corrected chi connectivity index (χ0v) is 29.3. The number of methoxy groups -OCH3 is 1. The number of nitrogens with zero attached hydrogens (tertiary/aromatic N) is 1. The predicted molar refractivity (Wildman–Crippen MR) is 188 cm³/mol. The van der Waals surface area contributed by atoms with Crippen LogP contribution in [-0.4, -0.2) is 78.3 Å². The van der Waals surface area contributed by atoms with Crippen molar-refractivity contribution in [1.29, 1.82) is 0 Å². The molecule has 2 heterocycles. The van der Waals surface area contributed by atoms with Gasteiger partial charge in [-0.05, 0) is 87.1 Å². The van der Waals surface area contributed by atoms with Gasteiger partial charge in [-0.25, -0.2) is 8.42 Å². The highest BCUT2D eigenvalue weighted by molar-refractivity contribution is 7.90. The number of allylic oxidation sites excluding steroid dienone is 1. The van der Waals surface area contributed by atoms with Crippen molar-refractivity contribution in [3.63, 3.8) is 0 Å². The first-order chi connectivity index (χ1) is 23.4. The van der Waals surface area contributed by atoms with Crippen molar-refractivity contribution in [2.45, 2.75) is 74.9 Å². The molecule has 11 heteroatoms. The lowest BCUT2D eigenvalue weighted by Crippen LogP contribution is -2.59. The van der Waals surface area contributed by atoms with Crippen LogP contribution in [-0.2, 0) is 21.0 Å². The summed E-state index contributed by atoms with van der Waals surface area (Å²) < 4.78 is 76.0. The van der Waals surface area contributed by atoms with Crippen LogP contribution in [0.2, 0.25) is 0 Å². The molecule has 1 spiro atoms. The molecule has 0 aromatic heterocycles. The quantitative estimate of drug-likeness (QED) is 0.268. The summed E-state index contributed by atoms with van der Waals surface area (Å²) >= 11 is 0. The van der Waals surface area contributed by atoms with E-state index in [1.807, 2.05) is 24.3 Å². The van der Waals surface area contributed by atoms with E-state index >= 15 is 0 Å². The molecule has 1 saturated carbocycles. The Morgan fingerprint density at radius 3 is 2.49 bits per heavy atom. The van der Waals surface area contributed by atoms with Crippen LogP contribution in [0.5, 0.6) is 5.75 Å². The molecule has 2 aromatic rings. The molecule has 2 aromatic carbocycles. The predicted octanol–water partition coefficient (Wildman–Crippen LogP) is 7.20. The molecule has 2 N–H and O–H groups in total. The van der Waals surface area contributed by atoms with E-state index in [0.717, 1.165) is 49.1 Å². The molecule has 266 valence electrons. The number of aryl methyl sites for hydroxylation is 1. The van der Waals surface area contributed by atoms with Crippen molar-refractivity contribution in [3.05, 3.63) is 53.1 Å². The summed E-state index contributed by atoms with van der Waals surface area (Å²) in [5, 5.41) is 6.89. The van der Waals surface area contributed by atoms with E-state index in [1.54, 1.807) is 6.07 Å². The Labute approximate surface area is 288 Å². The van der Waals surface area contributed by atoms with Crippen LogP contribution in [0.25, 0.3) is 6.08 Å². The molecule has 1 atom stereocenters. The molecule has 49 heavy (non-hydrogen) atoms. The van der Waals surface area contributed by atoms with Crippen LogP contribution in [0.15, 0.2) is 46.9 Å². The van der Waals surface area contributed by atoms with E-state index in [0.29, 0.717) is 47.2 Å². The number of fused-ring (bicyclic) bond motifs is 1. The van der Waals surface area contributed by atoms with Crippen LogP contribution >= 0.6 is 0 Å². The van der Waals surface area contributed by atoms with Gasteiger partial charge in [-0.2, -0.15) is 13.2 Å². The number of alkyl halides is 3. The van der Waals surface area contributed by atoms with Gasteiger partial charge < -0.3 is 25.0 Å². The zero-order chi connectivity index (χ0) is 34.6. The van der Waals surface area contributed by atoms with Gasteiger partial charge in [0.1, 0.15) is 5.75 Å². The van der Waals surface area contributed by atoms with Crippen LogP contribution < -0.4 is 15.4 Å². The molecule has 4 aliphatic rings. The monoisotopic (exact) mass is 699 g/mol. The van der Waals surface area contributed by atoms with Crippen LogP contribution in [0.3, 0.4) is 0 Å². The molecule has 2 aliphatic heterocycles. The van der Waals surface area contributed by atoms with Gasteiger partial charge in [-0.15, -0.1) is 0 Å². The second-order valence-electron chi connectivity index (χ2n) is 14.5. The maximum absolute atomic E-state index is 13.7. The lowest BCUT2D eigenvalue weighted by molar-refractivity contribution is -0.141. The highest BCUT2D eigenvalue weighted by Gasteiger charge is 2.44. The standard InChI is InChI=1S/C38H48F3N3O4S/c1-47-36-22-32(49(2,45)46)14-15-35(36)42-18-4-6-29-21-33-28(10-11-30(29)23-38(39,40)41)5-3-7-34(33)43-31-12-8-27(9-13-31)24-44-25-37(26-44)16-19-48-20-17-37/h3,5,7,14-15,21-22,27,30-31,42-43H,8-13,16-20,23-26H2,1-2H3. The van der Waals surface area contributed by atoms with Crippen molar-refractivity contribution in [3.8, 4) is 17.6 Å². The van der Waals surface area contributed by atoms with E-state index in [-0.39, 0.29) is 11.4 Å². The van der Waals surface area contributed by atoms with E-state index in [4.69, 9.17) is 9.47 Å². The number of sulfone groups is 1. The summed E-state index contributed by atoms with van der Waals surface area (Å²) in [7, 11) is -1.96. The highest BCUT2D eigenvalue weighted by Crippen LogP contribution is 2.42. The third-order valence-corrected chi connectivity index (χ3v) is 11.9. The largest absolute Gasteiger partial charge is 0.495 e. The van der Waals surface area contributed by atoms with E-state index in [2.05, 4.69) is 27.4 Å². The second-order valence-corrected chi connectivity index (χ2v) is 16.5. The molecule has 3 fully saturated rings. The number of hydrogen-bond acceptors (Lipinski definition) is 7. The fourth-order valence-corrected chi connectivity index (χ4v) is 8.71. The lowest BCUT2D eigenvalue weighted by atomic mass is 9.72. The zero-order valence-electron chi connectivity index (χ0n) is 28.5. The fraction of sp³-hybridized carbons (Fsp3) is 0.579. The Kier molecular flexibility index (Phi) is 10.9. The second kappa shape index (κ2) is 15.0. The molecule has 6 rings (SSSR count). The Morgan fingerprint density at radius 2 is 1.80 bits per heavy atom. The minimum absolute atomic E-state index is 0.131. The van der Waals surface area contributed by atoms with Gasteiger partial charge >= 0.3 is 6.18 Å². The van der Waals surface area contributed by atoms with Gasteiger partial charge in [-0.1, -0.05) is 24.0 Å². The lowest BCUT2D eigenvalue weighted by Gasteiger charge is -2.53. The van der Waals surface area contributed by atoms with Crippen molar-refractivity contribution >= 4 is 27.3 Å². The third kappa shape index (κ3) is 9.13. The number of anilines is 2. The Bertz CT molecular complexity index is 1680. The number of likely N-dealkylation sites (tertiary alicyclic amines) is 1. The van der Waals surface area contributed by atoms with Gasteiger partial charge in [0.15, 0.2) is 9.84 Å². The average Bonchev–Trinajstić information content (AvgIpc) is 3.22. The first kappa shape index (κ1) is 35.6. The molecule has 7 nitrogen and oxygen atoms in total. The summed E-state index contributed by atoms with van der Waals surface area (Å²) in [5.74, 6) is 6.41. The number of rotatable bonds is 9. The van der Waals surface area contributed by atoms with E-state index in [9.17, 15) is 21.6 Å².